The average Bonchev–Trinajstić information content (AvgIpc) is 2.96. The van der Waals surface area contributed by atoms with Gasteiger partial charge in [0.05, 0.1) is 19.3 Å². The number of allylic oxidation sites excluding steroid dienone is 1. The zero-order chi connectivity index (χ0) is 19.5. The molecule has 26 heavy (non-hydrogen) atoms. The van der Waals surface area contributed by atoms with Crippen LogP contribution in [0.15, 0.2) is 6.08 Å². The molecule has 0 spiro atoms. The van der Waals surface area contributed by atoms with E-state index in [1.807, 2.05) is 6.92 Å². The Kier molecular flexibility index (Phi) is 6.29. The van der Waals surface area contributed by atoms with Gasteiger partial charge in [0.25, 0.3) is 0 Å². The summed E-state index contributed by atoms with van der Waals surface area (Å²) in [7, 11) is 0.313. The van der Waals surface area contributed by atoms with Crippen molar-refractivity contribution >= 4 is 26.4 Å². The van der Waals surface area contributed by atoms with E-state index in [1.165, 1.54) is 0 Å². The first-order valence-corrected chi connectivity index (χ1v) is 12.6. The Bertz CT molecular complexity index is 731. The lowest BCUT2D eigenvalue weighted by atomic mass is 9.96. The fourth-order valence-electron chi connectivity index (χ4n) is 2.82. The molecule has 5 nitrogen and oxygen atoms in total. The van der Waals surface area contributed by atoms with Crippen molar-refractivity contribution < 1.29 is 23.8 Å². The van der Waals surface area contributed by atoms with E-state index >= 15 is 0 Å². The maximum Gasteiger partial charge on any atom is 0.342 e. The van der Waals surface area contributed by atoms with Gasteiger partial charge in [-0.15, -0.1) is 0 Å². The fraction of sp³-hybridized carbons (Fsp3) is 0.500. The predicted octanol–water partition coefficient (Wildman–Crippen LogP) is 4.24. The van der Waals surface area contributed by atoms with Crippen LogP contribution in [0.2, 0.25) is 25.7 Å². The number of cyclic esters (lactones) is 1. The van der Waals surface area contributed by atoms with Gasteiger partial charge in [-0.25, -0.2) is 4.79 Å². The minimum Gasteiger partial charge on any atom is -0.496 e. The number of fused-ring (bicyclic) bond motifs is 1. The van der Waals surface area contributed by atoms with Gasteiger partial charge in [-0.05, 0) is 18.5 Å². The van der Waals surface area contributed by atoms with Gasteiger partial charge in [0.1, 0.15) is 30.0 Å². The molecule has 0 N–H and O–H groups in total. The fourth-order valence-corrected chi connectivity index (χ4v) is 3.54. The number of methoxy groups -OCH3 is 1. The summed E-state index contributed by atoms with van der Waals surface area (Å²) in [6.07, 6.45) is 4.45. The molecule has 0 aromatic heterocycles. The molecule has 0 amide bonds. The summed E-state index contributed by atoms with van der Waals surface area (Å²) in [5.41, 5.74) is 2.85. The van der Waals surface area contributed by atoms with Crippen LogP contribution >= 0.6 is 0 Å². The van der Waals surface area contributed by atoms with Gasteiger partial charge in [0.2, 0.25) is 0 Å². The molecule has 1 atom stereocenters. The summed E-state index contributed by atoms with van der Waals surface area (Å²) in [5, 5.41) is 0. The highest BCUT2D eigenvalue weighted by Crippen LogP contribution is 2.43. The molecule has 0 saturated carbocycles. The molecule has 1 heterocycles. The summed E-state index contributed by atoms with van der Waals surface area (Å²) in [6, 6.07) is 0.973. The Hall–Kier alpha value is -2.08. The molecule has 6 heteroatoms. The summed E-state index contributed by atoms with van der Waals surface area (Å²) in [5.74, 6) is 0.541. The van der Waals surface area contributed by atoms with Gasteiger partial charge in [0, 0.05) is 19.6 Å². The van der Waals surface area contributed by atoms with Crippen LogP contribution in [0.1, 0.15) is 34.0 Å². The first kappa shape index (κ1) is 20.2. The maximum absolute atomic E-state index is 12.3. The van der Waals surface area contributed by atoms with Crippen molar-refractivity contribution in [3.8, 4) is 11.5 Å². The number of hydrogen-bond donors (Lipinski definition) is 0. The molecule has 0 aliphatic carbocycles. The van der Waals surface area contributed by atoms with E-state index in [1.54, 1.807) is 26.2 Å². The number of benzene rings is 1. The van der Waals surface area contributed by atoms with Crippen molar-refractivity contribution in [1.82, 2.24) is 0 Å². The van der Waals surface area contributed by atoms with Crippen molar-refractivity contribution in [2.24, 2.45) is 5.92 Å². The third-order valence-corrected chi connectivity index (χ3v) is 6.15. The van der Waals surface area contributed by atoms with Crippen LogP contribution in [0, 0.1) is 12.8 Å². The van der Waals surface area contributed by atoms with E-state index in [4.69, 9.17) is 14.2 Å². The minimum atomic E-state index is -1.28. The van der Waals surface area contributed by atoms with Crippen LogP contribution < -0.4 is 9.47 Å². The van der Waals surface area contributed by atoms with E-state index in [9.17, 15) is 9.59 Å². The Morgan fingerprint density at radius 1 is 1.27 bits per heavy atom. The minimum absolute atomic E-state index is 0.232. The summed E-state index contributed by atoms with van der Waals surface area (Å²) < 4.78 is 17.0. The van der Waals surface area contributed by atoms with Gasteiger partial charge >= 0.3 is 5.97 Å². The molecular formula is C20H28O5Si. The quantitative estimate of drug-likeness (QED) is 0.386. The van der Waals surface area contributed by atoms with Gasteiger partial charge < -0.3 is 19.0 Å². The molecule has 1 aromatic carbocycles. The highest BCUT2D eigenvalue weighted by Gasteiger charge is 2.33. The smallest absolute Gasteiger partial charge is 0.342 e. The van der Waals surface area contributed by atoms with Crippen molar-refractivity contribution in [1.29, 1.82) is 0 Å². The summed E-state index contributed by atoms with van der Waals surface area (Å²) in [4.78, 5) is 23.3. The number of hydrogen-bond acceptors (Lipinski definition) is 5. The molecule has 0 fully saturated rings. The van der Waals surface area contributed by atoms with Crippen LogP contribution in [0.5, 0.6) is 11.5 Å². The second-order valence-electron chi connectivity index (χ2n) is 7.84. The Morgan fingerprint density at radius 3 is 2.54 bits per heavy atom. The van der Waals surface area contributed by atoms with Gasteiger partial charge in [-0.1, -0.05) is 38.7 Å². The number of aldehydes is 1. The second kappa shape index (κ2) is 8.08. The molecular weight excluding hydrogens is 348 g/mol. The van der Waals surface area contributed by atoms with Crippen LogP contribution in [-0.4, -0.2) is 34.0 Å². The normalized spacial score (nSPS) is 14.9. The molecule has 142 valence electrons. The zero-order valence-electron chi connectivity index (χ0n) is 16.5. The highest BCUT2D eigenvalue weighted by atomic mass is 28.3. The van der Waals surface area contributed by atoms with Gasteiger partial charge in [-0.3, -0.25) is 0 Å². The molecule has 1 aliphatic heterocycles. The van der Waals surface area contributed by atoms with Crippen molar-refractivity contribution in [3.05, 3.63) is 28.3 Å². The predicted molar refractivity (Wildman–Crippen MR) is 105 cm³/mol. The second-order valence-corrected chi connectivity index (χ2v) is 13.5. The number of ether oxygens (including phenoxy) is 3. The van der Waals surface area contributed by atoms with E-state index in [2.05, 4.69) is 19.6 Å². The highest BCUT2D eigenvalue weighted by molar-refractivity contribution is 6.76. The zero-order valence-corrected chi connectivity index (χ0v) is 17.5. The standard InChI is InChI=1S/C20H28O5Si/c1-13(11-21)7-8-15-18(23-3)14(2)16-12-25-20(22)17(16)19(15)24-9-10-26(4,5)6/h7-8,11,13H,9-10,12H2,1-6H3. The van der Waals surface area contributed by atoms with E-state index in [0.717, 1.165) is 23.5 Å². The van der Waals surface area contributed by atoms with Crippen LogP contribution in [0.4, 0.5) is 0 Å². The SMILES string of the molecule is COc1c(C)c2c(c(OCC[Si](C)(C)C)c1C=CC(C)C=O)C(=O)OC2. The Morgan fingerprint density at radius 2 is 1.96 bits per heavy atom. The third kappa shape index (κ3) is 4.36. The van der Waals surface area contributed by atoms with Crippen molar-refractivity contribution in [2.45, 2.75) is 46.1 Å². The molecule has 0 bridgehead atoms. The lowest BCUT2D eigenvalue weighted by Crippen LogP contribution is -2.23. The first-order valence-electron chi connectivity index (χ1n) is 8.86. The monoisotopic (exact) mass is 376 g/mol. The van der Waals surface area contributed by atoms with Crippen LogP contribution in [0.25, 0.3) is 6.08 Å². The lowest BCUT2D eigenvalue weighted by molar-refractivity contribution is -0.109. The molecule has 0 saturated heterocycles. The van der Waals surface area contributed by atoms with Crippen LogP contribution in [-0.2, 0) is 16.1 Å². The van der Waals surface area contributed by atoms with E-state index in [0.29, 0.717) is 29.2 Å². The third-order valence-electron chi connectivity index (χ3n) is 4.45. The first-order chi connectivity index (χ1) is 12.2. The molecule has 0 radical (unpaired) electrons. The number of carbonyl (C=O) groups excluding carboxylic acids is 2. The lowest BCUT2D eigenvalue weighted by Gasteiger charge is -2.20. The van der Waals surface area contributed by atoms with Gasteiger partial charge in [0.15, 0.2) is 0 Å². The number of esters is 1. The van der Waals surface area contributed by atoms with E-state index < -0.39 is 8.07 Å². The molecule has 1 aliphatic rings. The van der Waals surface area contributed by atoms with Gasteiger partial charge in [-0.2, -0.15) is 0 Å². The van der Waals surface area contributed by atoms with E-state index in [-0.39, 0.29) is 18.5 Å². The largest absolute Gasteiger partial charge is 0.496 e. The van der Waals surface area contributed by atoms with Crippen molar-refractivity contribution in [3.63, 3.8) is 0 Å². The van der Waals surface area contributed by atoms with Crippen LogP contribution in [0.3, 0.4) is 0 Å². The molecule has 1 aromatic rings. The van der Waals surface area contributed by atoms with Crippen molar-refractivity contribution in [2.75, 3.05) is 13.7 Å². The maximum atomic E-state index is 12.3. The summed E-state index contributed by atoms with van der Waals surface area (Å²) in [6.45, 7) is 11.3. The topological polar surface area (TPSA) is 61.8 Å². The number of rotatable bonds is 8. The average molecular weight is 377 g/mol. The summed E-state index contributed by atoms with van der Waals surface area (Å²) >= 11 is 0. The number of carbonyl (C=O) groups is 2. The Labute approximate surface area is 156 Å². The Balaban J connectivity index is 2.56. The molecule has 2 rings (SSSR count). The molecule has 1 unspecified atom stereocenters.